The second kappa shape index (κ2) is 24.1. The molecule has 1 aromatic rings. The molecule has 0 aromatic heterocycles. The number of carbonyl (C=O) groups excluding carboxylic acids is 1. The standard InChI is InChI=1S/C16H23NO2.C8H12.C4H10.C2H6/c1-5-14-9-7-8-10-15(14)11-19-16(13(4)18)12(3)17-6-2;1-4-6-7-8(3)5-2;1-4(2)3;1-2/h7-10,17H,5-6,11H2,1-4H3;4-7H,2H2,1,3H3;4H,1-3H3;1-2H3/b16-12-;6-4-,8-7-;;. The van der Waals surface area contributed by atoms with E-state index in [4.69, 9.17) is 4.74 Å². The van der Waals surface area contributed by atoms with E-state index in [-0.39, 0.29) is 5.78 Å². The number of Topliss-reactive ketones (excluding diaryl/α,β-unsaturated/α-hetero) is 1. The van der Waals surface area contributed by atoms with Crippen LogP contribution in [0.2, 0.25) is 0 Å². The fourth-order valence-corrected chi connectivity index (χ4v) is 2.33. The van der Waals surface area contributed by atoms with Gasteiger partial charge in [0.25, 0.3) is 0 Å². The molecule has 0 aliphatic rings. The Bertz CT molecular complexity index is 722. The largest absolute Gasteiger partial charge is 0.483 e. The first-order valence-corrected chi connectivity index (χ1v) is 12.2. The van der Waals surface area contributed by atoms with Gasteiger partial charge in [0.05, 0.1) is 5.70 Å². The van der Waals surface area contributed by atoms with Gasteiger partial charge in [0.1, 0.15) is 6.61 Å². The summed E-state index contributed by atoms with van der Waals surface area (Å²) in [6, 6.07) is 8.15. The van der Waals surface area contributed by atoms with Crippen LogP contribution in [0.5, 0.6) is 0 Å². The Morgan fingerprint density at radius 1 is 1.06 bits per heavy atom. The second-order valence-electron chi connectivity index (χ2n) is 7.82. The van der Waals surface area contributed by atoms with E-state index in [0.717, 1.165) is 30.1 Å². The van der Waals surface area contributed by atoms with Crippen molar-refractivity contribution in [3.63, 3.8) is 0 Å². The Labute approximate surface area is 205 Å². The molecule has 3 nitrogen and oxygen atoms in total. The van der Waals surface area contributed by atoms with Gasteiger partial charge in [-0.05, 0) is 51.2 Å². The third-order valence-electron chi connectivity index (χ3n) is 3.85. The molecule has 0 unspecified atom stereocenters. The predicted molar refractivity (Wildman–Crippen MR) is 148 cm³/mol. The van der Waals surface area contributed by atoms with E-state index in [9.17, 15) is 4.79 Å². The topological polar surface area (TPSA) is 38.3 Å². The zero-order valence-corrected chi connectivity index (χ0v) is 23.3. The molecule has 0 aliphatic heterocycles. The molecule has 1 N–H and O–H groups in total. The quantitative estimate of drug-likeness (QED) is 0.229. The summed E-state index contributed by atoms with van der Waals surface area (Å²) >= 11 is 0. The number of aryl methyl sites for hydroxylation is 1. The molecule has 3 heteroatoms. The summed E-state index contributed by atoms with van der Waals surface area (Å²) < 4.78 is 5.71. The summed E-state index contributed by atoms with van der Waals surface area (Å²) in [6.45, 7) is 26.8. The van der Waals surface area contributed by atoms with Gasteiger partial charge in [-0.3, -0.25) is 4.79 Å². The van der Waals surface area contributed by atoms with Crippen molar-refractivity contribution in [1.29, 1.82) is 0 Å². The van der Waals surface area contributed by atoms with Crippen LogP contribution in [0, 0.1) is 5.92 Å². The van der Waals surface area contributed by atoms with Crippen LogP contribution in [0.15, 0.2) is 72.2 Å². The normalized spacial score (nSPS) is 11.1. The molecule has 33 heavy (non-hydrogen) atoms. The Hall–Kier alpha value is -2.55. The molecule has 0 fully saturated rings. The van der Waals surface area contributed by atoms with Crippen molar-refractivity contribution in [3.8, 4) is 0 Å². The molecule has 0 aliphatic carbocycles. The van der Waals surface area contributed by atoms with Gasteiger partial charge in [0, 0.05) is 13.5 Å². The lowest BCUT2D eigenvalue weighted by Crippen LogP contribution is -2.17. The van der Waals surface area contributed by atoms with E-state index in [1.807, 2.05) is 84.0 Å². The summed E-state index contributed by atoms with van der Waals surface area (Å²) in [6.07, 6.45) is 8.81. The molecule has 1 aromatic carbocycles. The average Bonchev–Trinajstić information content (AvgIpc) is 2.79. The number of hydrogen-bond acceptors (Lipinski definition) is 3. The second-order valence-corrected chi connectivity index (χ2v) is 7.82. The molecule has 188 valence electrons. The molecule has 1 rings (SSSR count). The summed E-state index contributed by atoms with van der Waals surface area (Å²) in [5.41, 5.74) is 4.38. The van der Waals surface area contributed by atoms with Crippen LogP contribution in [-0.4, -0.2) is 12.3 Å². The molecule has 0 saturated heterocycles. The van der Waals surface area contributed by atoms with Gasteiger partial charge in [-0.2, -0.15) is 0 Å². The van der Waals surface area contributed by atoms with Crippen LogP contribution < -0.4 is 5.32 Å². The fourth-order valence-electron chi connectivity index (χ4n) is 2.33. The van der Waals surface area contributed by atoms with Gasteiger partial charge >= 0.3 is 0 Å². The van der Waals surface area contributed by atoms with Crippen molar-refractivity contribution < 1.29 is 9.53 Å². The molecule has 0 heterocycles. The lowest BCUT2D eigenvalue weighted by molar-refractivity contribution is -0.117. The lowest BCUT2D eigenvalue weighted by Gasteiger charge is -2.14. The number of benzene rings is 1. The molecular formula is C30H51NO2. The predicted octanol–water partition coefficient (Wildman–Crippen LogP) is 8.58. The maximum Gasteiger partial charge on any atom is 0.196 e. The zero-order chi connectivity index (χ0) is 26.2. The summed E-state index contributed by atoms with van der Waals surface area (Å²) in [4.78, 5) is 11.6. The van der Waals surface area contributed by atoms with E-state index in [0.29, 0.717) is 12.4 Å². The number of allylic oxidation sites excluding steroid dienone is 7. The van der Waals surface area contributed by atoms with E-state index >= 15 is 0 Å². The first-order valence-electron chi connectivity index (χ1n) is 12.2. The molecule has 0 bridgehead atoms. The first kappa shape index (κ1) is 35.0. The molecule has 0 radical (unpaired) electrons. The minimum atomic E-state index is -0.0487. The van der Waals surface area contributed by atoms with Crippen LogP contribution in [0.4, 0.5) is 0 Å². The first-order chi connectivity index (χ1) is 15.6. The van der Waals surface area contributed by atoms with Gasteiger partial charge in [-0.1, -0.05) is 102 Å². The zero-order valence-electron chi connectivity index (χ0n) is 23.3. The highest BCUT2D eigenvalue weighted by molar-refractivity contribution is 5.91. The smallest absolute Gasteiger partial charge is 0.196 e. The third kappa shape index (κ3) is 21.1. The van der Waals surface area contributed by atoms with Crippen LogP contribution in [-0.2, 0) is 22.6 Å². The third-order valence-corrected chi connectivity index (χ3v) is 3.85. The van der Waals surface area contributed by atoms with E-state index in [2.05, 4.69) is 45.7 Å². The average molecular weight is 458 g/mol. The van der Waals surface area contributed by atoms with Gasteiger partial charge in [-0.15, -0.1) is 0 Å². The van der Waals surface area contributed by atoms with Gasteiger partial charge in [0.15, 0.2) is 11.5 Å². The minimum absolute atomic E-state index is 0.0487. The molecule has 0 atom stereocenters. The Morgan fingerprint density at radius 3 is 1.97 bits per heavy atom. The number of carbonyl (C=O) groups is 1. The van der Waals surface area contributed by atoms with Crippen LogP contribution >= 0.6 is 0 Å². The Kier molecular flexibility index (Phi) is 25.6. The van der Waals surface area contributed by atoms with Gasteiger partial charge < -0.3 is 10.1 Å². The number of ether oxygens (including phenoxy) is 1. The fraction of sp³-hybridized carbons (Fsp3) is 0.500. The van der Waals surface area contributed by atoms with Crippen LogP contribution in [0.3, 0.4) is 0 Å². The van der Waals surface area contributed by atoms with E-state index in [1.165, 1.54) is 18.1 Å². The maximum absolute atomic E-state index is 11.6. The van der Waals surface area contributed by atoms with Crippen molar-refractivity contribution in [2.24, 2.45) is 5.92 Å². The Balaban J connectivity index is -0.000000532. The molecule has 0 saturated carbocycles. The van der Waals surface area contributed by atoms with Crippen molar-refractivity contribution >= 4 is 5.78 Å². The number of ketones is 1. The monoisotopic (exact) mass is 457 g/mol. The highest BCUT2D eigenvalue weighted by Crippen LogP contribution is 2.14. The van der Waals surface area contributed by atoms with Crippen molar-refractivity contribution in [2.75, 3.05) is 6.54 Å². The summed E-state index contributed by atoms with van der Waals surface area (Å²) in [7, 11) is 0. The van der Waals surface area contributed by atoms with Gasteiger partial charge in [0.2, 0.25) is 0 Å². The van der Waals surface area contributed by atoms with Crippen molar-refractivity contribution in [1.82, 2.24) is 5.32 Å². The number of rotatable bonds is 9. The highest BCUT2D eigenvalue weighted by atomic mass is 16.5. The molecule has 0 spiro atoms. The van der Waals surface area contributed by atoms with E-state index in [1.54, 1.807) is 0 Å². The van der Waals surface area contributed by atoms with E-state index < -0.39 is 0 Å². The maximum atomic E-state index is 11.6. The molecular weight excluding hydrogens is 406 g/mol. The number of nitrogens with one attached hydrogen (secondary N) is 1. The van der Waals surface area contributed by atoms with Crippen LogP contribution in [0.1, 0.15) is 87.3 Å². The minimum Gasteiger partial charge on any atom is -0.483 e. The van der Waals surface area contributed by atoms with Crippen LogP contribution in [0.25, 0.3) is 0 Å². The van der Waals surface area contributed by atoms with Crippen molar-refractivity contribution in [3.05, 3.63) is 83.3 Å². The SMILES string of the molecule is C=C/C(C)=C\C=C/C.CC.CC(C)C.CCN/C(C)=C(\OCc1ccccc1CC)C(C)=O. The summed E-state index contributed by atoms with van der Waals surface area (Å²) in [5.74, 6) is 1.21. The number of hydrogen-bond donors (Lipinski definition) is 1. The highest BCUT2D eigenvalue weighted by Gasteiger charge is 2.11. The lowest BCUT2D eigenvalue weighted by atomic mass is 10.1. The van der Waals surface area contributed by atoms with Crippen molar-refractivity contribution in [2.45, 2.75) is 89.2 Å². The molecule has 0 amide bonds. The van der Waals surface area contributed by atoms with Gasteiger partial charge in [-0.25, -0.2) is 0 Å². The Morgan fingerprint density at radius 2 is 1.58 bits per heavy atom. The summed E-state index contributed by atoms with van der Waals surface area (Å²) in [5, 5.41) is 3.13.